The summed E-state index contributed by atoms with van der Waals surface area (Å²) in [7, 11) is 1.35. The van der Waals surface area contributed by atoms with Gasteiger partial charge in [0, 0.05) is 6.21 Å². The zero-order valence-electron chi connectivity index (χ0n) is 11.3. The van der Waals surface area contributed by atoms with Crippen LogP contribution in [0.25, 0.3) is 0 Å². The first-order valence-electron chi connectivity index (χ1n) is 6.12. The Labute approximate surface area is 117 Å². The molecule has 0 aromatic heterocycles. The number of benzene rings is 2. The van der Waals surface area contributed by atoms with Crippen LogP contribution < -0.4 is 0 Å². The van der Waals surface area contributed by atoms with Gasteiger partial charge in [-0.2, -0.15) is 0 Å². The van der Waals surface area contributed by atoms with Crippen LogP contribution in [0.4, 0.5) is 5.69 Å². The second-order valence-corrected chi connectivity index (χ2v) is 4.36. The van der Waals surface area contributed by atoms with E-state index in [9.17, 15) is 9.90 Å². The molecule has 0 spiro atoms. The summed E-state index contributed by atoms with van der Waals surface area (Å²) in [6.07, 6.45) is 1.63. The Kier molecular flexibility index (Phi) is 4.15. The molecular weight excluding hydrogens is 254 g/mol. The van der Waals surface area contributed by atoms with Crippen LogP contribution in [0.15, 0.2) is 47.5 Å². The van der Waals surface area contributed by atoms with Crippen LogP contribution in [-0.2, 0) is 4.74 Å². The number of carbonyl (C=O) groups is 1. The number of rotatable bonds is 3. The predicted octanol–water partition coefficient (Wildman–Crippen LogP) is 3.24. The molecule has 102 valence electrons. The number of hydrogen-bond acceptors (Lipinski definition) is 4. The molecule has 2 aromatic carbocycles. The molecule has 4 heteroatoms. The highest BCUT2D eigenvalue weighted by atomic mass is 16.5. The summed E-state index contributed by atoms with van der Waals surface area (Å²) in [5.74, 6) is -0.233. The van der Waals surface area contributed by atoms with Gasteiger partial charge in [-0.05, 0) is 42.3 Å². The van der Waals surface area contributed by atoms with E-state index in [1.54, 1.807) is 42.6 Å². The number of aryl methyl sites for hydroxylation is 1. The number of hydrogen-bond donors (Lipinski definition) is 1. The summed E-state index contributed by atoms with van der Waals surface area (Å²) in [6, 6.07) is 12.1. The van der Waals surface area contributed by atoms with Gasteiger partial charge in [0.15, 0.2) is 0 Å². The molecule has 0 atom stereocenters. The number of methoxy groups -OCH3 is 1. The fourth-order valence-electron chi connectivity index (χ4n) is 1.70. The van der Waals surface area contributed by atoms with Crippen molar-refractivity contribution in [3.05, 3.63) is 59.2 Å². The van der Waals surface area contributed by atoms with Crippen molar-refractivity contribution >= 4 is 17.9 Å². The zero-order chi connectivity index (χ0) is 14.5. The van der Waals surface area contributed by atoms with E-state index >= 15 is 0 Å². The van der Waals surface area contributed by atoms with Crippen molar-refractivity contribution in [3.63, 3.8) is 0 Å². The predicted molar refractivity (Wildman–Crippen MR) is 77.9 cm³/mol. The maximum Gasteiger partial charge on any atom is 0.337 e. The fourth-order valence-corrected chi connectivity index (χ4v) is 1.70. The topological polar surface area (TPSA) is 58.9 Å². The lowest BCUT2D eigenvalue weighted by molar-refractivity contribution is 0.0600. The van der Waals surface area contributed by atoms with Crippen LogP contribution in [0, 0.1) is 6.92 Å². The lowest BCUT2D eigenvalue weighted by atomic mass is 10.1. The summed E-state index contributed by atoms with van der Waals surface area (Å²) in [5.41, 5.74) is 2.86. The molecule has 2 aromatic rings. The highest BCUT2D eigenvalue weighted by molar-refractivity contribution is 5.91. The molecule has 0 saturated carbocycles. The first kappa shape index (κ1) is 13.8. The Bertz CT molecular complexity index is 645. The maximum atomic E-state index is 11.3. The number of ether oxygens (including phenoxy) is 1. The molecular formula is C16H15NO3. The molecule has 1 N–H and O–H groups in total. The standard InChI is InChI=1S/C16H15NO3/c1-11-3-8-15(18)14(9-11)17-10-12-4-6-13(7-5-12)16(19)20-2/h3-10,18H,1-2H3. The average Bonchev–Trinajstić information content (AvgIpc) is 2.48. The third kappa shape index (κ3) is 3.23. The monoisotopic (exact) mass is 269 g/mol. The van der Waals surface area contributed by atoms with E-state index in [1.807, 2.05) is 13.0 Å². The lowest BCUT2D eigenvalue weighted by Crippen LogP contribution is -2.00. The fraction of sp³-hybridized carbons (Fsp3) is 0.125. The van der Waals surface area contributed by atoms with E-state index in [0.29, 0.717) is 11.3 Å². The summed E-state index contributed by atoms with van der Waals surface area (Å²) in [6.45, 7) is 1.93. The Balaban J connectivity index is 2.19. The molecule has 0 aliphatic heterocycles. The smallest absolute Gasteiger partial charge is 0.337 e. The number of aliphatic imine (C=N–C) groups is 1. The van der Waals surface area contributed by atoms with Gasteiger partial charge in [0.2, 0.25) is 0 Å². The van der Waals surface area contributed by atoms with E-state index < -0.39 is 0 Å². The average molecular weight is 269 g/mol. The summed E-state index contributed by atoms with van der Waals surface area (Å²) >= 11 is 0. The van der Waals surface area contributed by atoms with Crippen LogP contribution in [0.3, 0.4) is 0 Å². The quantitative estimate of drug-likeness (QED) is 0.687. The van der Waals surface area contributed by atoms with Crippen LogP contribution in [0.2, 0.25) is 0 Å². The van der Waals surface area contributed by atoms with Crippen molar-refractivity contribution in [2.45, 2.75) is 6.92 Å². The van der Waals surface area contributed by atoms with Crippen molar-refractivity contribution in [1.29, 1.82) is 0 Å². The lowest BCUT2D eigenvalue weighted by Gasteiger charge is -2.01. The Morgan fingerprint density at radius 1 is 1.20 bits per heavy atom. The molecule has 0 heterocycles. The second-order valence-electron chi connectivity index (χ2n) is 4.36. The van der Waals surface area contributed by atoms with E-state index in [4.69, 9.17) is 0 Å². The third-order valence-corrected chi connectivity index (χ3v) is 2.82. The van der Waals surface area contributed by atoms with Crippen molar-refractivity contribution in [2.75, 3.05) is 7.11 Å². The van der Waals surface area contributed by atoms with Crippen molar-refractivity contribution in [1.82, 2.24) is 0 Å². The van der Waals surface area contributed by atoms with E-state index in [1.165, 1.54) is 7.11 Å². The minimum Gasteiger partial charge on any atom is -0.506 e. The number of phenols is 1. The van der Waals surface area contributed by atoms with E-state index in [0.717, 1.165) is 11.1 Å². The summed E-state index contributed by atoms with van der Waals surface area (Å²) < 4.78 is 4.63. The maximum absolute atomic E-state index is 11.3. The van der Waals surface area contributed by atoms with Gasteiger partial charge in [-0.1, -0.05) is 18.2 Å². The van der Waals surface area contributed by atoms with Gasteiger partial charge < -0.3 is 9.84 Å². The number of esters is 1. The SMILES string of the molecule is COC(=O)c1ccc(C=Nc2cc(C)ccc2O)cc1. The molecule has 2 rings (SSSR count). The Hall–Kier alpha value is -2.62. The third-order valence-electron chi connectivity index (χ3n) is 2.82. The normalized spacial score (nSPS) is 10.7. The number of aromatic hydroxyl groups is 1. The van der Waals surface area contributed by atoms with E-state index in [2.05, 4.69) is 9.73 Å². The van der Waals surface area contributed by atoms with Crippen molar-refractivity contribution in [3.8, 4) is 5.75 Å². The van der Waals surface area contributed by atoms with Gasteiger partial charge in [0.25, 0.3) is 0 Å². The van der Waals surface area contributed by atoms with Gasteiger partial charge in [0.1, 0.15) is 11.4 Å². The molecule has 0 fully saturated rings. The van der Waals surface area contributed by atoms with Crippen LogP contribution in [0.1, 0.15) is 21.5 Å². The van der Waals surface area contributed by atoms with Crippen molar-refractivity contribution in [2.24, 2.45) is 4.99 Å². The highest BCUT2D eigenvalue weighted by Crippen LogP contribution is 2.26. The summed E-state index contributed by atoms with van der Waals surface area (Å²) in [5, 5.41) is 9.69. The highest BCUT2D eigenvalue weighted by Gasteiger charge is 2.03. The number of carbonyl (C=O) groups excluding carboxylic acids is 1. The molecule has 0 aliphatic rings. The van der Waals surface area contributed by atoms with Gasteiger partial charge in [0.05, 0.1) is 12.7 Å². The zero-order valence-corrected chi connectivity index (χ0v) is 11.3. The molecule has 4 nitrogen and oxygen atoms in total. The second kappa shape index (κ2) is 6.02. The Morgan fingerprint density at radius 3 is 2.55 bits per heavy atom. The van der Waals surface area contributed by atoms with E-state index in [-0.39, 0.29) is 11.7 Å². The van der Waals surface area contributed by atoms with Crippen molar-refractivity contribution < 1.29 is 14.6 Å². The first-order chi connectivity index (χ1) is 9.60. The Morgan fingerprint density at radius 2 is 1.90 bits per heavy atom. The van der Waals surface area contributed by atoms with Gasteiger partial charge in [-0.15, -0.1) is 0 Å². The van der Waals surface area contributed by atoms with Crippen LogP contribution in [0.5, 0.6) is 5.75 Å². The molecule has 0 amide bonds. The molecule has 0 saturated heterocycles. The van der Waals surface area contributed by atoms with Gasteiger partial charge >= 0.3 is 5.97 Å². The minimum atomic E-state index is -0.371. The minimum absolute atomic E-state index is 0.137. The number of phenolic OH excluding ortho intramolecular Hbond substituents is 1. The largest absolute Gasteiger partial charge is 0.506 e. The molecule has 0 radical (unpaired) electrons. The first-order valence-corrected chi connectivity index (χ1v) is 6.12. The van der Waals surface area contributed by atoms with Crippen LogP contribution in [-0.4, -0.2) is 24.4 Å². The van der Waals surface area contributed by atoms with Gasteiger partial charge in [-0.3, -0.25) is 4.99 Å². The van der Waals surface area contributed by atoms with Crippen LogP contribution >= 0.6 is 0 Å². The summed E-state index contributed by atoms with van der Waals surface area (Å²) in [4.78, 5) is 15.5. The number of nitrogens with zero attached hydrogens (tertiary/aromatic N) is 1. The molecule has 0 aliphatic carbocycles. The molecule has 20 heavy (non-hydrogen) atoms. The molecule has 0 unspecified atom stereocenters. The molecule has 0 bridgehead atoms. The van der Waals surface area contributed by atoms with Gasteiger partial charge in [-0.25, -0.2) is 4.79 Å².